The standard InChI is InChI=1S/C11H12N4O6/c12-14-5-6(16)1-2-7(11(19)20)15-9(18)8(17)10-13-3-4-21-10/h3-5,7-8,17H,1-2H2,(H,15,18)(H,19,20). The van der Waals surface area contributed by atoms with Gasteiger partial charge in [-0.05, 0) is 6.42 Å². The smallest absolute Gasteiger partial charge is 0.326 e. The maximum atomic E-state index is 11.7. The van der Waals surface area contributed by atoms with E-state index in [4.69, 9.17) is 15.1 Å². The number of aliphatic hydroxyl groups is 1. The highest BCUT2D eigenvalue weighted by Gasteiger charge is 2.27. The summed E-state index contributed by atoms with van der Waals surface area (Å²) < 4.78 is 4.72. The summed E-state index contributed by atoms with van der Waals surface area (Å²) in [4.78, 5) is 39.8. The number of Topliss-reactive ketones (excluding diaryl/α,β-unsaturated/α-hetero) is 1. The number of nitrogens with one attached hydrogen (secondary N) is 1. The third-order valence-corrected chi connectivity index (χ3v) is 2.43. The zero-order valence-corrected chi connectivity index (χ0v) is 10.7. The Morgan fingerprint density at radius 2 is 2.24 bits per heavy atom. The highest BCUT2D eigenvalue weighted by Crippen LogP contribution is 2.10. The van der Waals surface area contributed by atoms with E-state index >= 15 is 0 Å². The molecule has 112 valence electrons. The fourth-order valence-electron chi connectivity index (χ4n) is 1.41. The summed E-state index contributed by atoms with van der Waals surface area (Å²) in [6, 6.07) is -1.39. The lowest BCUT2D eigenvalue weighted by Gasteiger charge is -2.15. The van der Waals surface area contributed by atoms with Crippen molar-refractivity contribution in [2.45, 2.75) is 25.0 Å². The molecule has 0 aliphatic carbocycles. The van der Waals surface area contributed by atoms with Gasteiger partial charge in [0, 0.05) is 6.42 Å². The number of aliphatic hydroxyl groups excluding tert-OH is 1. The highest BCUT2D eigenvalue weighted by molar-refractivity contribution is 6.25. The number of aromatic nitrogens is 1. The van der Waals surface area contributed by atoms with E-state index in [1.54, 1.807) is 0 Å². The summed E-state index contributed by atoms with van der Waals surface area (Å²) >= 11 is 0. The Balaban J connectivity index is 2.61. The minimum absolute atomic E-state index is 0.232. The molecule has 3 N–H and O–H groups in total. The van der Waals surface area contributed by atoms with Gasteiger partial charge in [-0.1, -0.05) is 0 Å². The number of carboxylic acids is 1. The van der Waals surface area contributed by atoms with Crippen molar-refractivity contribution in [1.29, 1.82) is 0 Å². The van der Waals surface area contributed by atoms with Gasteiger partial charge in [-0.3, -0.25) is 9.59 Å². The molecule has 10 heteroatoms. The van der Waals surface area contributed by atoms with E-state index in [1.165, 1.54) is 6.20 Å². The van der Waals surface area contributed by atoms with Gasteiger partial charge in [0.15, 0.2) is 0 Å². The lowest BCUT2D eigenvalue weighted by molar-refractivity contribution is -0.144. The molecule has 1 heterocycles. The molecule has 0 aliphatic heterocycles. The molecule has 1 amide bonds. The van der Waals surface area contributed by atoms with E-state index in [9.17, 15) is 19.5 Å². The van der Waals surface area contributed by atoms with Crippen molar-refractivity contribution in [2.24, 2.45) is 0 Å². The first-order chi connectivity index (χ1) is 9.95. The lowest BCUT2D eigenvalue weighted by Crippen LogP contribution is -2.43. The average molecular weight is 296 g/mol. The largest absolute Gasteiger partial charge is 0.480 e. The summed E-state index contributed by atoms with van der Waals surface area (Å²) in [7, 11) is 0. The molecule has 21 heavy (non-hydrogen) atoms. The number of rotatable bonds is 8. The third-order valence-electron chi connectivity index (χ3n) is 2.43. The summed E-state index contributed by atoms with van der Waals surface area (Å²) in [5.41, 5.74) is 8.15. The summed E-state index contributed by atoms with van der Waals surface area (Å²) in [5, 5.41) is 20.6. The van der Waals surface area contributed by atoms with Crippen LogP contribution in [0.25, 0.3) is 5.53 Å². The zero-order chi connectivity index (χ0) is 15.8. The van der Waals surface area contributed by atoms with E-state index in [0.29, 0.717) is 6.21 Å². The van der Waals surface area contributed by atoms with Crippen molar-refractivity contribution < 1.29 is 33.8 Å². The van der Waals surface area contributed by atoms with Gasteiger partial charge in [-0.2, -0.15) is 4.79 Å². The van der Waals surface area contributed by atoms with E-state index in [-0.39, 0.29) is 18.7 Å². The number of hydrogen-bond donors (Lipinski definition) is 3. The van der Waals surface area contributed by atoms with Crippen LogP contribution in [-0.2, 0) is 14.4 Å². The van der Waals surface area contributed by atoms with Gasteiger partial charge in [0.25, 0.3) is 5.91 Å². The summed E-state index contributed by atoms with van der Waals surface area (Å²) in [5.74, 6) is -3.28. The fourth-order valence-corrected chi connectivity index (χ4v) is 1.41. The molecule has 10 nitrogen and oxygen atoms in total. The average Bonchev–Trinajstić information content (AvgIpc) is 2.96. The van der Waals surface area contributed by atoms with Gasteiger partial charge in [0.1, 0.15) is 12.3 Å². The van der Waals surface area contributed by atoms with Crippen molar-refractivity contribution in [2.75, 3.05) is 0 Å². The van der Waals surface area contributed by atoms with E-state index in [0.717, 1.165) is 6.26 Å². The monoisotopic (exact) mass is 296 g/mol. The van der Waals surface area contributed by atoms with Gasteiger partial charge in [0.05, 0.1) is 6.20 Å². The Bertz CT molecular complexity index is 563. The number of oxazole rings is 1. The number of carboxylic acid groups (broad SMARTS) is 1. The van der Waals surface area contributed by atoms with E-state index in [1.807, 2.05) is 0 Å². The van der Waals surface area contributed by atoms with Gasteiger partial charge < -0.3 is 25.5 Å². The van der Waals surface area contributed by atoms with Crippen LogP contribution in [0.5, 0.6) is 0 Å². The van der Waals surface area contributed by atoms with E-state index in [2.05, 4.69) is 15.1 Å². The number of carbonyl (C=O) groups excluding carboxylic acids is 2. The number of aliphatic carboxylic acids is 1. The summed E-state index contributed by atoms with van der Waals surface area (Å²) in [6.45, 7) is 0. The molecule has 0 aliphatic rings. The van der Waals surface area contributed by atoms with Crippen molar-refractivity contribution in [3.05, 3.63) is 23.9 Å². The molecular weight excluding hydrogens is 284 g/mol. The topological polar surface area (TPSA) is 166 Å². The molecule has 0 aromatic carbocycles. The third kappa shape index (κ3) is 4.97. The van der Waals surface area contributed by atoms with Crippen molar-refractivity contribution in [3.63, 3.8) is 0 Å². The molecule has 0 fully saturated rings. The maximum Gasteiger partial charge on any atom is 0.326 e. The van der Waals surface area contributed by atoms with Crippen molar-refractivity contribution in [1.82, 2.24) is 10.3 Å². The second-order valence-electron chi connectivity index (χ2n) is 3.92. The zero-order valence-electron chi connectivity index (χ0n) is 10.7. The molecule has 2 unspecified atom stereocenters. The number of ketones is 1. The van der Waals surface area contributed by atoms with Gasteiger partial charge >= 0.3 is 12.2 Å². The molecule has 0 saturated heterocycles. The second kappa shape index (κ2) is 7.68. The normalized spacial score (nSPS) is 12.8. The second-order valence-corrected chi connectivity index (χ2v) is 3.92. The van der Waals surface area contributed by atoms with Crippen LogP contribution in [0.4, 0.5) is 0 Å². The maximum absolute atomic E-state index is 11.7. The Hall–Kier alpha value is -2.84. The van der Waals surface area contributed by atoms with Crippen LogP contribution >= 0.6 is 0 Å². The number of amides is 1. The molecule has 0 spiro atoms. The summed E-state index contributed by atoms with van der Waals surface area (Å²) in [6.07, 6.45) is 0.751. The first-order valence-corrected chi connectivity index (χ1v) is 5.76. The molecule has 2 atom stereocenters. The first kappa shape index (κ1) is 16.2. The SMILES string of the molecule is [N-]=[N+]=CC(=O)CCC(NC(=O)C(O)c1ncco1)C(=O)O. The van der Waals surface area contributed by atoms with Gasteiger partial charge in [-0.25, -0.2) is 9.78 Å². The minimum Gasteiger partial charge on any atom is -0.480 e. The number of hydrogen-bond acceptors (Lipinski definition) is 6. The van der Waals surface area contributed by atoms with Crippen LogP contribution in [-0.4, -0.2) is 49.9 Å². The number of carbonyl (C=O) groups is 3. The van der Waals surface area contributed by atoms with Crippen molar-refractivity contribution in [3.8, 4) is 0 Å². The quantitative estimate of drug-likeness (QED) is 0.312. The number of nitrogens with zero attached hydrogens (tertiary/aromatic N) is 3. The van der Waals surface area contributed by atoms with Crippen LogP contribution in [0.15, 0.2) is 16.9 Å². The lowest BCUT2D eigenvalue weighted by atomic mass is 10.1. The predicted molar refractivity (Wildman–Crippen MR) is 65.0 cm³/mol. The van der Waals surface area contributed by atoms with Crippen LogP contribution < -0.4 is 5.32 Å². The van der Waals surface area contributed by atoms with Crippen LogP contribution in [0.2, 0.25) is 0 Å². The molecule has 0 saturated carbocycles. The van der Waals surface area contributed by atoms with Gasteiger partial charge in [0.2, 0.25) is 17.8 Å². The van der Waals surface area contributed by atoms with Gasteiger partial charge in [-0.15, -0.1) is 0 Å². The fraction of sp³-hybridized carbons (Fsp3) is 0.364. The Labute approximate surface area is 118 Å². The van der Waals surface area contributed by atoms with Crippen LogP contribution in [0.1, 0.15) is 24.8 Å². The highest BCUT2D eigenvalue weighted by atomic mass is 16.4. The Morgan fingerprint density at radius 1 is 1.52 bits per heavy atom. The molecule has 0 radical (unpaired) electrons. The Kier molecular flexibility index (Phi) is 5.93. The minimum atomic E-state index is -1.75. The van der Waals surface area contributed by atoms with E-state index < -0.39 is 29.8 Å². The predicted octanol–water partition coefficient (Wildman–Crippen LogP) is -1.07. The van der Waals surface area contributed by atoms with Crippen LogP contribution in [0.3, 0.4) is 0 Å². The molecule has 1 aromatic rings. The molecule has 0 bridgehead atoms. The first-order valence-electron chi connectivity index (χ1n) is 5.76. The Morgan fingerprint density at radius 3 is 2.76 bits per heavy atom. The molecule has 1 rings (SSSR count). The molecule has 1 aromatic heterocycles. The van der Waals surface area contributed by atoms with Crippen molar-refractivity contribution >= 4 is 23.9 Å². The van der Waals surface area contributed by atoms with Crippen LogP contribution in [0, 0.1) is 0 Å². The molecular formula is C11H12N4O6.